The second-order valence-corrected chi connectivity index (χ2v) is 6.03. The van der Waals surface area contributed by atoms with E-state index in [-0.39, 0.29) is 12.8 Å². The second-order valence-electron chi connectivity index (χ2n) is 6.03. The van der Waals surface area contributed by atoms with Crippen molar-refractivity contribution in [1.29, 1.82) is 0 Å². The molecule has 2 aromatic rings. The fraction of sp³-hybridized carbons (Fsp3) is 0.350. The number of ether oxygens (including phenoxy) is 3. The second kappa shape index (κ2) is 9.22. The lowest BCUT2D eigenvalue weighted by molar-refractivity contribution is 0.00711. The summed E-state index contributed by atoms with van der Waals surface area (Å²) in [5, 5.41) is 2.98. The van der Waals surface area contributed by atoms with E-state index in [2.05, 4.69) is 10.2 Å². The normalized spacial score (nSPS) is 15.9. The first-order valence-electron chi connectivity index (χ1n) is 8.69. The molecule has 6 heteroatoms. The molecular formula is C20H24N2O4. The number of hydrogen-bond acceptors (Lipinski definition) is 5. The Morgan fingerprint density at radius 1 is 1.12 bits per heavy atom. The van der Waals surface area contributed by atoms with Gasteiger partial charge in [-0.05, 0) is 23.3 Å². The first-order chi connectivity index (χ1) is 12.8. The summed E-state index contributed by atoms with van der Waals surface area (Å²) < 4.78 is 16.0. The monoisotopic (exact) mass is 356 g/mol. The van der Waals surface area contributed by atoms with Gasteiger partial charge in [0, 0.05) is 13.1 Å². The molecule has 138 valence electrons. The van der Waals surface area contributed by atoms with Crippen LogP contribution in [0.4, 0.5) is 4.79 Å². The molecule has 1 fully saturated rings. The molecular weight excluding hydrogens is 332 g/mol. The van der Waals surface area contributed by atoms with Crippen molar-refractivity contribution in [2.24, 2.45) is 0 Å². The van der Waals surface area contributed by atoms with Gasteiger partial charge in [0.15, 0.2) is 0 Å². The highest BCUT2D eigenvalue weighted by Gasteiger charge is 2.24. The maximum absolute atomic E-state index is 12.3. The van der Waals surface area contributed by atoms with Crippen molar-refractivity contribution in [2.75, 3.05) is 33.4 Å². The number of hydrogen-bond donors (Lipinski definition) is 1. The summed E-state index contributed by atoms with van der Waals surface area (Å²) in [5.41, 5.74) is 1.93. The van der Waals surface area contributed by atoms with Crippen molar-refractivity contribution in [3.8, 4) is 5.75 Å². The van der Waals surface area contributed by atoms with Gasteiger partial charge in [-0.15, -0.1) is 0 Å². The summed E-state index contributed by atoms with van der Waals surface area (Å²) in [5.74, 6) is 0.779. The Morgan fingerprint density at radius 2 is 1.81 bits per heavy atom. The Morgan fingerprint density at radius 3 is 2.46 bits per heavy atom. The first kappa shape index (κ1) is 18.2. The van der Waals surface area contributed by atoms with Crippen LogP contribution < -0.4 is 10.1 Å². The lowest BCUT2D eigenvalue weighted by atomic mass is 10.1. The van der Waals surface area contributed by atoms with Crippen LogP contribution in [0, 0.1) is 0 Å². The van der Waals surface area contributed by atoms with Crippen LogP contribution in [0.15, 0.2) is 54.6 Å². The Balaban J connectivity index is 1.66. The van der Waals surface area contributed by atoms with Crippen molar-refractivity contribution in [3.63, 3.8) is 0 Å². The molecule has 3 rings (SSSR count). The Kier molecular flexibility index (Phi) is 6.46. The molecule has 6 nitrogen and oxygen atoms in total. The summed E-state index contributed by atoms with van der Waals surface area (Å²) in [6.45, 7) is 3.03. The zero-order chi connectivity index (χ0) is 18.2. The van der Waals surface area contributed by atoms with Gasteiger partial charge >= 0.3 is 6.09 Å². The fourth-order valence-corrected chi connectivity index (χ4v) is 2.88. The van der Waals surface area contributed by atoms with Gasteiger partial charge in [0.25, 0.3) is 0 Å². The molecule has 0 radical (unpaired) electrons. The largest absolute Gasteiger partial charge is 0.497 e. The smallest absolute Gasteiger partial charge is 0.408 e. The highest BCUT2D eigenvalue weighted by Crippen LogP contribution is 2.22. The molecule has 0 bridgehead atoms. The first-order valence-corrected chi connectivity index (χ1v) is 8.69. The molecule has 1 heterocycles. The zero-order valence-electron chi connectivity index (χ0n) is 14.9. The minimum absolute atomic E-state index is 0.241. The molecule has 1 aliphatic heterocycles. The minimum Gasteiger partial charge on any atom is -0.497 e. The van der Waals surface area contributed by atoms with Gasteiger partial charge in [-0.3, -0.25) is 4.90 Å². The predicted octanol–water partition coefficient (Wildman–Crippen LogP) is 2.95. The molecule has 2 aromatic carbocycles. The number of methoxy groups -OCH3 is 1. The average molecular weight is 356 g/mol. The van der Waals surface area contributed by atoms with Gasteiger partial charge in [-0.1, -0.05) is 42.5 Å². The van der Waals surface area contributed by atoms with Crippen molar-refractivity contribution < 1.29 is 19.0 Å². The molecule has 0 aliphatic carbocycles. The maximum Gasteiger partial charge on any atom is 0.408 e. The molecule has 1 atom stereocenters. The predicted molar refractivity (Wildman–Crippen MR) is 97.9 cm³/mol. The number of alkyl carbamates (subject to hydrolysis) is 1. The lowest BCUT2D eigenvalue weighted by Crippen LogP contribution is -2.46. The molecule has 0 aromatic heterocycles. The van der Waals surface area contributed by atoms with E-state index >= 15 is 0 Å². The van der Waals surface area contributed by atoms with Gasteiger partial charge in [-0.2, -0.15) is 0 Å². The van der Waals surface area contributed by atoms with Crippen molar-refractivity contribution in [3.05, 3.63) is 65.7 Å². The number of benzene rings is 2. The number of rotatable bonds is 6. The Labute approximate surface area is 153 Å². The molecule has 26 heavy (non-hydrogen) atoms. The Hall–Kier alpha value is -2.57. The molecule has 1 N–H and O–H groups in total. The number of carbonyl (C=O) groups excluding carboxylic acids is 1. The number of nitrogens with zero attached hydrogens (tertiary/aromatic N) is 1. The van der Waals surface area contributed by atoms with Gasteiger partial charge in [0.2, 0.25) is 0 Å². The zero-order valence-corrected chi connectivity index (χ0v) is 14.9. The minimum atomic E-state index is -0.443. The van der Waals surface area contributed by atoms with Crippen molar-refractivity contribution in [2.45, 2.75) is 12.8 Å². The van der Waals surface area contributed by atoms with Crippen LogP contribution in [0.25, 0.3) is 0 Å². The van der Waals surface area contributed by atoms with E-state index in [0.717, 1.165) is 30.0 Å². The number of carbonyl (C=O) groups is 1. The lowest BCUT2D eigenvalue weighted by Gasteiger charge is -2.34. The van der Waals surface area contributed by atoms with E-state index in [0.29, 0.717) is 13.2 Å². The summed E-state index contributed by atoms with van der Waals surface area (Å²) in [6.07, 6.45) is -0.714. The van der Waals surface area contributed by atoms with Crippen LogP contribution in [0.2, 0.25) is 0 Å². The van der Waals surface area contributed by atoms with Gasteiger partial charge in [0.1, 0.15) is 18.5 Å². The SMILES string of the molecule is COc1ccc(C(NC(=O)OCc2ccccc2)N2CCOCC2)cc1. The third-order valence-electron chi connectivity index (χ3n) is 4.31. The number of morpholine rings is 1. The summed E-state index contributed by atoms with van der Waals surface area (Å²) in [6, 6.07) is 17.3. The quantitative estimate of drug-likeness (QED) is 0.862. The number of amides is 1. The molecule has 0 spiro atoms. The maximum atomic E-state index is 12.3. The highest BCUT2D eigenvalue weighted by molar-refractivity contribution is 5.67. The van der Waals surface area contributed by atoms with E-state index in [9.17, 15) is 4.79 Å². The van der Waals surface area contributed by atoms with Gasteiger partial charge in [0.05, 0.1) is 20.3 Å². The Bertz CT molecular complexity index is 685. The van der Waals surface area contributed by atoms with Crippen molar-refractivity contribution in [1.82, 2.24) is 10.2 Å². The standard InChI is InChI=1S/C20H24N2O4/c1-24-18-9-7-17(8-10-18)19(22-11-13-25-14-12-22)21-20(23)26-15-16-5-3-2-4-6-16/h2-10,19H,11-15H2,1H3,(H,21,23). The van der Waals surface area contributed by atoms with Crippen LogP contribution in [-0.4, -0.2) is 44.4 Å². The highest BCUT2D eigenvalue weighted by atomic mass is 16.5. The topological polar surface area (TPSA) is 60.0 Å². The fourth-order valence-electron chi connectivity index (χ4n) is 2.88. The van der Waals surface area contributed by atoms with Crippen LogP contribution in [0.5, 0.6) is 5.75 Å². The van der Waals surface area contributed by atoms with Gasteiger partial charge in [-0.25, -0.2) is 4.79 Å². The van der Waals surface area contributed by atoms with E-state index < -0.39 is 6.09 Å². The van der Waals surface area contributed by atoms with Crippen LogP contribution >= 0.6 is 0 Å². The summed E-state index contributed by atoms with van der Waals surface area (Å²) >= 11 is 0. The third kappa shape index (κ3) is 4.97. The van der Waals surface area contributed by atoms with E-state index in [4.69, 9.17) is 14.2 Å². The van der Waals surface area contributed by atoms with E-state index in [1.54, 1.807) is 7.11 Å². The average Bonchev–Trinajstić information content (AvgIpc) is 2.72. The third-order valence-corrected chi connectivity index (χ3v) is 4.31. The van der Waals surface area contributed by atoms with Crippen LogP contribution in [0.3, 0.4) is 0 Å². The molecule has 1 aliphatic rings. The summed E-state index contributed by atoms with van der Waals surface area (Å²) in [7, 11) is 1.63. The van der Waals surface area contributed by atoms with Crippen LogP contribution in [-0.2, 0) is 16.1 Å². The summed E-state index contributed by atoms with van der Waals surface area (Å²) in [4.78, 5) is 14.5. The molecule has 1 amide bonds. The van der Waals surface area contributed by atoms with Crippen LogP contribution in [0.1, 0.15) is 17.3 Å². The number of nitrogens with one attached hydrogen (secondary N) is 1. The molecule has 1 saturated heterocycles. The molecule has 1 unspecified atom stereocenters. The van der Waals surface area contributed by atoms with E-state index in [1.165, 1.54) is 0 Å². The molecule has 0 saturated carbocycles. The van der Waals surface area contributed by atoms with Crippen molar-refractivity contribution >= 4 is 6.09 Å². The van der Waals surface area contributed by atoms with E-state index in [1.807, 2.05) is 54.6 Å². The van der Waals surface area contributed by atoms with Gasteiger partial charge < -0.3 is 19.5 Å².